The summed E-state index contributed by atoms with van der Waals surface area (Å²) in [5, 5.41) is 32.6. The molecule has 0 saturated heterocycles. The second kappa shape index (κ2) is 10.6. The van der Waals surface area contributed by atoms with Gasteiger partial charge in [0, 0.05) is 17.0 Å². The van der Waals surface area contributed by atoms with Gasteiger partial charge in [0.1, 0.15) is 0 Å². The second-order valence-electron chi connectivity index (χ2n) is 8.00. The Morgan fingerprint density at radius 3 is 2.34 bits per heavy atom. The van der Waals surface area contributed by atoms with Crippen LogP contribution >= 0.6 is 23.1 Å². The number of nitro groups is 2. The first kappa shape index (κ1) is 26.8. The number of hydrogen-bond acceptors (Lipinski definition) is 11. The Kier molecular flexibility index (Phi) is 7.46. The van der Waals surface area contributed by atoms with E-state index in [0.717, 1.165) is 28.4 Å². The SMILES string of the molecule is CCOC(=O)C1=C(C)N=c2s/c(=C\c3cc([N+](=O)[O-])c(O)c([N+](=O)[O-])c3)c(=O)n2[C@H]1c1ccc(SC)cc1. The molecule has 0 unspecified atom stereocenters. The van der Waals surface area contributed by atoms with Gasteiger partial charge < -0.3 is 9.84 Å². The van der Waals surface area contributed by atoms with E-state index in [2.05, 4.69) is 4.99 Å². The molecular formula is C24H20N4O8S2. The number of phenols is 1. The molecule has 38 heavy (non-hydrogen) atoms. The minimum Gasteiger partial charge on any atom is -0.497 e. The molecule has 1 aliphatic heterocycles. The fourth-order valence-electron chi connectivity index (χ4n) is 4.03. The summed E-state index contributed by atoms with van der Waals surface area (Å²) in [5.41, 5.74) is -1.13. The summed E-state index contributed by atoms with van der Waals surface area (Å²) in [6.07, 6.45) is 3.17. The molecular weight excluding hydrogens is 536 g/mol. The van der Waals surface area contributed by atoms with E-state index in [4.69, 9.17) is 4.74 Å². The minimum atomic E-state index is -1.08. The molecule has 2 heterocycles. The summed E-state index contributed by atoms with van der Waals surface area (Å²) in [7, 11) is 0. The lowest BCUT2D eigenvalue weighted by atomic mass is 9.96. The molecule has 1 N–H and O–H groups in total. The number of thiazole rings is 1. The summed E-state index contributed by atoms with van der Waals surface area (Å²) in [4.78, 5) is 53.1. The van der Waals surface area contributed by atoms with Crippen molar-refractivity contribution in [2.75, 3.05) is 12.9 Å². The van der Waals surface area contributed by atoms with Gasteiger partial charge in [-0.1, -0.05) is 23.5 Å². The summed E-state index contributed by atoms with van der Waals surface area (Å²) < 4.78 is 6.67. The number of phenolic OH excluding ortho intramolecular Hbond substituents is 1. The van der Waals surface area contributed by atoms with Crippen LogP contribution in [-0.4, -0.2) is 38.4 Å². The van der Waals surface area contributed by atoms with Crippen molar-refractivity contribution in [3.63, 3.8) is 0 Å². The van der Waals surface area contributed by atoms with E-state index < -0.39 is 44.5 Å². The van der Waals surface area contributed by atoms with Crippen molar-refractivity contribution in [1.29, 1.82) is 0 Å². The summed E-state index contributed by atoms with van der Waals surface area (Å²) in [6, 6.07) is 8.36. The fraction of sp³-hybridized carbons (Fsp3) is 0.208. The lowest BCUT2D eigenvalue weighted by Gasteiger charge is -2.24. The van der Waals surface area contributed by atoms with Crippen LogP contribution in [0.15, 0.2) is 62.4 Å². The first-order valence-corrected chi connectivity index (χ1v) is 13.1. The fourth-order valence-corrected chi connectivity index (χ4v) is 5.49. The topological polar surface area (TPSA) is 167 Å². The number of benzene rings is 2. The Hall–Kier alpha value is -4.30. The largest absolute Gasteiger partial charge is 0.497 e. The van der Waals surface area contributed by atoms with E-state index in [1.165, 1.54) is 22.4 Å². The zero-order valence-corrected chi connectivity index (χ0v) is 21.9. The van der Waals surface area contributed by atoms with E-state index in [9.17, 15) is 34.9 Å². The monoisotopic (exact) mass is 556 g/mol. The zero-order chi connectivity index (χ0) is 27.7. The van der Waals surface area contributed by atoms with Crippen LogP contribution in [0, 0.1) is 20.2 Å². The number of nitrogens with zero attached hydrogens (tertiary/aromatic N) is 4. The third-order valence-corrected chi connectivity index (χ3v) is 7.46. The molecule has 1 aromatic heterocycles. The number of thioether (sulfide) groups is 1. The molecule has 4 rings (SSSR count). The Labute approximate surface area is 222 Å². The first-order valence-electron chi connectivity index (χ1n) is 11.1. The van der Waals surface area contributed by atoms with Gasteiger partial charge in [-0.15, -0.1) is 11.8 Å². The zero-order valence-electron chi connectivity index (χ0n) is 20.2. The average molecular weight is 557 g/mol. The second-order valence-corrected chi connectivity index (χ2v) is 9.89. The van der Waals surface area contributed by atoms with E-state index in [1.54, 1.807) is 26.0 Å². The highest BCUT2D eigenvalue weighted by atomic mass is 32.2. The molecule has 0 bridgehead atoms. The van der Waals surface area contributed by atoms with Crippen molar-refractivity contribution >= 4 is 46.5 Å². The number of carbonyl (C=O) groups is 1. The molecule has 196 valence electrons. The highest BCUT2D eigenvalue weighted by Crippen LogP contribution is 2.37. The van der Waals surface area contributed by atoms with Crippen molar-refractivity contribution < 1.29 is 24.5 Å². The maximum Gasteiger partial charge on any atom is 0.338 e. The number of hydrogen-bond donors (Lipinski definition) is 1. The Morgan fingerprint density at radius 1 is 1.21 bits per heavy atom. The number of aromatic nitrogens is 1. The standard InChI is InChI=1S/C24H20N4O8S2/c1-4-36-23(31)19-12(2)25-24-26(20(19)14-5-7-15(37-3)8-6-14)22(30)18(38-24)11-13-9-16(27(32)33)21(29)17(10-13)28(34)35/h5-11,20,29H,4H2,1-3H3/b18-11-/t20-/m0/s1. The Bertz CT molecular complexity index is 1650. The molecule has 0 spiro atoms. The molecule has 0 amide bonds. The predicted octanol–water partition coefficient (Wildman–Crippen LogP) is 3.04. The Balaban J connectivity index is 1.97. The van der Waals surface area contributed by atoms with Crippen LogP contribution in [0.4, 0.5) is 11.4 Å². The summed E-state index contributed by atoms with van der Waals surface area (Å²) >= 11 is 2.50. The molecule has 0 saturated carbocycles. The highest BCUT2D eigenvalue weighted by Gasteiger charge is 2.33. The number of rotatable bonds is 7. The van der Waals surface area contributed by atoms with Gasteiger partial charge in [-0.05, 0) is 49.4 Å². The van der Waals surface area contributed by atoms with Crippen molar-refractivity contribution in [2.24, 2.45) is 4.99 Å². The highest BCUT2D eigenvalue weighted by molar-refractivity contribution is 7.98. The van der Waals surface area contributed by atoms with E-state index in [0.29, 0.717) is 11.3 Å². The van der Waals surface area contributed by atoms with Gasteiger partial charge in [0.15, 0.2) is 4.80 Å². The van der Waals surface area contributed by atoms with Gasteiger partial charge >= 0.3 is 17.3 Å². The Morgan fingerprint density at radius 2 is 1.82 bits per heavy atom. The summed E-state index contributed by atoms with van der Waals surface area (Å²) in [6.45, 7) is 3.43. The lowest BCUT2D eigenvalue weighted by Crippen LogP contribution is -2.39. The number of allylic oxidation sites excluding steroid dienone is 1. The maximum atomic E-state index is 13.6. The van der Waals surface area contributed by atoms with Crippen LogP contribution in [-0.2, 0) is 9.53 Å². The minimum absolute atomic E-state index is 0.0336. The smallest absolute Gasteiger partial charge is 0.338 e. The molecule has 1 aliphatic rings. The van der Waals surface area contributed by atoms with Crippen LogP contribution in [0.5, 0.6) is 5.75 Å². The quantitative estimate of drug-likeness (QED) is 0.199. The predicted molar refractivity (Wildman–Crippen MR) is 140 cm³/mol. The number of esters is 1. The van der Waals surface area contributed by atoms with Crippen molar-refractivity contribution in [3.05, 3.63) is 98.7 Å². The summed E-state index contributed by atoms with van der Waals surface area (Å²) in [5.74, 6) is -1.70. The van der Waals surface area contributed by atoms with Crippen LogP contribution in [0.1, 0.15) is 31.0 Å². The average Bonchev–Trinajstić information content (AvgIpc) is 3.18. The molecule has 0 fully saturated rings. The molecule has 14 heteroatoms. The van der Waals surface area contributed by atoms with Crippen molar-refractivity contribution in [2.45, 2.75) is 24.8 Å². The van der Waals surface area contributed by atoms with Crippen LogP contribution in [0.3, 0.4) is 0 Å². The number of aromatic hydroxyl groups is 1. The molecule has 1 atom stereocenters. The molecule has 3 aromatic rings. The van der Waals surface area contributed by atoms with Crippen molar-refractivity contribution in [1.82, 2.24) is 4.57 Å². The van der Waals surface area contributed by atoms with Crippen LogP contribution in [0.25, 0.3) is 6.08 Å². The molecule has 0 radical (unpaired) electrons. The number of carbonyl (C=O) groups excluding carboxylic acids is 1. The molecule has 0 aliphatic carbocycles. The number of ether oxygens (including phenoxy) is 1. The third-order valence-electron chi connectivity index (χ3n) is 5.73. The van der Waals surface area contributed by atoms with Gasteiger partial charge in [-0.2, -0.15) is 0 Å². The maximum absolute atomic E-state index is 13.6. The van der Waals surface area contributed by atoms with Gasteiger partial charge in [0.2, 0.25) is 0 Å². The van der Waals surface area contributed by atoms with Gasteiger partial charge in [0.05, 0.1) is 38.3 Å². The van der Waals surface area contributed by atoms with Gasteiger partial charge in [0.25, 0.3) is 11.3 Å². The van der Waals surface area contributed by atoms with Gasteiger partial charge in [-0.3, -0.25) is 29.6 Å². The van der Waals surface area contributed by atoms with E-state index in [1.807, 2.05) is 18.4 Å². The normalized spacial score (nSPS) is 15.1. The number of nitro benzene ring substituents is 2. The van der Waals surface area contributed by atoms with Gasteiger partial charge in [-0.25, -0.2) is 9.79 Å². The van der Waals surface area contributed by atoms with E-state index >= 15 is 0 Å². The van der Waals surface area contributed by atoms with E-state index in [-0.39, 0.29) is 27.1 Å². The lowest BCUT2D eigenvalue weighted by molar-refractivity contribution is -0.396. The third kappa shape index (κ3) is 4.82. The first-order chi connectivity index (χ1) is 18.1. The molecule has 2 aromatic carbocycles. The molecule has 12 nitrogen and oxygen atoms in total. The van der Waals surface area contributed by atoms with Crippen LogP contribution < -0.4 is 14.9 Å². The van der Waals surface area contributed by atoms with Crippen molar-refractivity contribution in [3.8, 4) is 5.75 Å². The number of fused-ring (bicyclic) bond motifs is 1. The van der Waals surface area contributed by atoms with Crippen LogP contribution in [0.2, 0.25) is 0 Å².